The van der Waals surface area contributed by atoms with E-state index >= 15 is 0 Å². The first-order valence-corrected chi connectivity index (χ1v) is 6.86. The molecule has 2 nitrogen and oxygen atoms in total. The second kappa shape index (κ2) is 5.71. The first kappa shape index (κ1) is 13.3. The lowest BCUT2D eigenvalue weighted by Gasteiger charge is -2.13. The van der Waals surface area contributed by atoms with Gasteiger partial charge in [-0.3, -0.25) is 0 Å². The van der Waals surface area contributed by atoms with Gasteiger partial charge in [0.1, 0.15) is 17.2 Å². The van der Waals surface area contributed by atoms with Crippen molar-refractivity contribution in [2.45, 2.75) is 6.92 Å². The van der Waals surface area contributed by atoms with Crippen molar-refractivity contribution in [3.05, 3.63) is 78.4 Å². The third-order valence-corrected chi connectivity index (χ3v) is 3.32. The third-order valence-electron chi connectivity index (χ3n) is 3.32. The van der Waals surface area contributed by atoms with E-state index in [-0.39, 0.29) is 5.75 Å². The highest BCUT2D eigenvalue weighted by atomic mass is 16.5. The van der Waals surface area contributed by atoms with E-state index in [1.54, 1.807) is 12.1 Å². The average molecular weight is 276 g/mol. The Labute approximate surface area is 124 Å². The van der Waals surface area contributed by atoms with Crippen LogP contribution in [0.2, 0.25) is 0 Å². The molecule has 3 aromatic carbocycles. The van der Waals surface area contributed by atoms with E-state index in [1.165, 1.54) is 5.56 Å². The van der Waals surface area contributed by atoms with Gasteiger partial charge in [0.25, 0.3) is 0 Å². The van der Waals surface area contributed by atoms with Crippen molar-refractivity contribution in [2.75, 3.05) is 0 Å². The number of hydrogen-bond acceptors (Lipinski definition) is 2. The molecule has 0 bridgehead atoms. The van der Waals surface area contributed by atoms with Crippen molar-refractivity contribution >= 4 is 0 Å². The lowest BCUT2D eigenvalue weighted by atomic mass is 10.0. The van der Waals surface area contributed by atoms with Crippen molar-refractivity contribution in [3.8, 4) is 28.4 Å². The van der Waals surface area contributed by atoms with Crippen LogP contribution in [0.4, 0.5) is 0 Å². The van der Waals surface area contributed by atoms with Crippen LogP contribution in [0, 0.1) is 6.92 Å². The highest BCUT2D eigenvalue weighted by molar-refractivity contribution is 5.77. The number of hydrogen-bond donors (Lipinski definition) is 1. The highest BCUT2D eigenvalue weighted by Gasteiger charge is 2.12. The number of phenolic OH excluding ortho intramolecular Hbond substituents is 1. The number of phenols is 1. The van der Waals surface area contributed by atoms with E-state index < -0.39 is 0 Å². The molecule has 0 saturated carbocycles. The highest BCUT2D eigenvalue weighted by Crippen LogP contribution is 2.39. The van der Waals surface area contributed by atoms with Crippen molar-refractivity contribution in [1.82, 2.24) is 0 Å². The fourth-order valence-corrected chi connectivity index (χ4v) is 2.23. The minimum atomic E-state index is 0.215. The largest absolute Gasteiger partial charge is 0.507 e. The second-order valence-electron chi connectivity index (χ2n) is 4.93. The molecule has 0 radical (unpaired) electrons. The molecule has 3 aromatic rings. The Morgan fingerprint density at radius 1 is 0.762 bits per heavy atom. The molecule has 0 unspecified atom stereocenters. The van der Waals surface area contributed by atoms with Crippen LogP contribution >= 0.6 is 0 Å². The molecular weight excluding hydrogens is 260 g/mol. The van der Waals surface area contributed by atoms with E-state index in [9.17, 15) is 5.11 Å². The predicted octanol–water partition coefficient (Wildman–Crippen LogP) is 5.16. The topological polar surface area (TPSA) is 29.5 Å². The summed E-state index contributed by atoms with van der Waals surface area (Å²) >= 11 is 0. The molecule has 0 heterocycles. The number of para-hydroxylation sites is 1. The molecule has 2 heteroatoms. The van der Waals surface area contributed by atoms with Gasteiger partial charge in [-0.2, -0.15) is 0 Å². The molecule has 0 fully saturated rings. The Kier molecular flexibility index (Phi) is 3.61. The lowest BCUT2D eigenvalue weighted by molar-refractivity contribution is 0.458. The van der Waals surface area contributed by atoms with E-state index in [0.29, 0.717) is 11.3 Å². The molecule has 104 valence electrons. The molecule has 0 spiro atoms. The van der Waals surface area contributed by atoms with Gasteiger partial charge < -0.3 is 9.84 Å². The fourth-order valence-electron chi connectivity index (χ4n) is 2.23. The van der Waals surface area contributed by atoms with Crippen LogP contribution in [0.3, 0.4) is 0 Å². The van der Waals surface area contributed by atoms with Crippen LogP contribution in [0.15, 0.2) is 72.8 Å². The van der Waals surface area contributed by atoms with Crippen molar-refractivity contribution in [2.24, 2.45) is 0 Å². The molecule has 0 aliphatic rings. The number of aromatic hydroxyl groups is 1. The van der Waals surface area contributed by atoms with Gasteiger partial charge in [0.2, 0.25) is 0 Å². The average Bonchev–Trinajstić information content (AvgIpc) is 2.50. The van der Waals surface area contributed by atoms with Gasteiger partial charge in [0.15, 0.2) is 0 Å². The maximum absolute atomic E-state index is 10.2. The van der Waals surface area contributed by atoms with Gasteiger partial charge in [0.05, 0.1) is 5.56 Å². The molecule has 0 atom stereocenters. The van der Waals surface area contributed by atoms with Crippen LogP contribution in [0.1, 0.15) is 5.56 Å². The van der Waals surface area contributed by atoms with E-state index in [2.05, 4.69) is 0 Å². The third kappa shape index (κ3) is 2.90. The zero-order valence-electron chi connectivity index (χ0n) is 11.8. The Balaban J connectivity index is 2.05. The summed E-state index contributed by atoms with van der Waals surface area (Å²) in [6, 6.07) is 22.9. The summed E-state index contributed by atoms with van der Waals surface area (Å²) in [5.41, 5.74) is 2.82. The van der Waals surface area contributed by atoms with E-state index in [4.69, 9.17) is 4.74 Å². The first-order chi connectivity index (χ1) is 10.2. The van der Waals surface area contributed by atoms with Gasteiger partial charge in [-0.25, -0.2) is 0 Å². The minimum absolute atomic E-state index is 0.215. The van der Waals surface area contributed by atoms with Gasteiger partial charge >= 0.3 is 0 Å². The summed E-state index contributed by atoms with van der Waals surface area (Å²) in [6.07, 6.45) is 0. The van der Waals surface area contributed by atoms with Crippen LogP contribution < -0.4 is 4.74 Å². The lowest BCUT2D eigenvalue weighted by Crippen LogP contribution is -1.89. The molecule has 0 amide bonds. The monoisotopic (exact) mass is 276 g/mol. The molecular formula is C19H16O2. The summed E-state index contributed by atoms with van der Waals surface area (Å²) in [6.45, 7) is 2.04. The van der Waals surface area contributed by atoms with Gasteiger partial charge in [-0.05, 0) is 36.8 Å². The molecule has 0 saturated heterocycles. The molecule has 3 rings (SSSR count). The Morgan fingerprint density at radius 3 is 2.19 bits per heavy atom. The predicted molar refractivity (Wildman–Crippen MR) is 84.8 cm³/mol. The van der Waals surface area contributed by atoms with Crippen LogP contribution in [-0.2, 0) is 0 Å². The van der Waals surface area contributed by atoms with Crippen molar-refractivity contribution in [3.63, 3.8) is 0 Å². The summed E-state index contributed by atoms with van der Waals surface area (Å²) in [5.74, 6) is 1.61. The Hall–Kier alpha value is -2.74. The number of benzene rings is 3. The van der Waals surface area contributed by atoms with Crippen LogP contribution in [-0.4, -0.2) is 5.11 Å². The van der Waals surface area contributed by atoms with E-state index in [0.717, 1.165) is 11.3 Å². The Morgan fingerprint density at radius 2 is 1.48 bits per heavy atom. The summed E-state index contributed by atoms with van der Waals surface area (Å²) in [7, 11) is 0. The number of aryl methyl sites for hydroxylation is 1. The van der Waals surface area contributed by atoms with Crippen LogP contribution in [0.5, 0.6) is 17.2 Å². The van der Waals surface area contributed by atoms with Gasteiger partial charge in [-0.1, -0.05) is 54.1 Å². The maximum atomic E-state index is 10.2. The molecule has 21 heavy (non-hydrogen) atoms. The normalized spacial score (nSPS) is 10.3. The quantitative estimate of drug-likeness (QED) is 0.716. The van der Waals surface area contributed by atoms with Crippen LogP contribution in [0.25, 0.3) is 11.1 Å². The number of rotatable bonds is 3. The zero-order chi connectivity index (χ0) is 14.7. The molecule has 1 N–H and O–H groups in total. The molecule has 0 aliphatic carbocycles. The van der Waals surface area contributed by atoms with E-state index in [1.807, 2.05) is 67.6 Å². The fraction of sp³-hybridized carbons (Fsp3) is 0.0526. The maximum Gasteiger partial charge on any atom is 0.138 e. The zero-order valence-corrected chi connectivity index (χ0v) is 11.8. The van der Waals surface area contributed by atoms with Crippen molar-refractivity contribution in [1.29, 1.82) is 0 Å². The van der Waals surface area contributed by atoms with Gasteiger partial charge in [-0.15, -0.1) is 0 Å². The smallest absolute Gasteiger partial charge is 0.138 e. The SMILES string of the molecule is Cc1ccc(-c2c(O)cccc2Oc2ccccc2)cc1. The second-order valence-corrected chi connectivity index (χ2v) is 4.93. The van der Waals surface area contributed by atoms with Crippen molar-refractivity contribution < 1.29 is 9.84 Å². The van der Waals surface area contributed by atoms with Gasteiger partial charge in [0, 0.05) is 0 Å². The first-order valence-electron chi connectivity index (χ1n) is 6.86. The summed E-state index contributed by atoms with van der Waals surface area (Å²) in [4.78, 5) is 0. The molecule has 0 aromatic heterocycles. The summed E-state index contributed by atoms with van der Waals surface area (Å²) < 4.78 is 5.91. The molecule has 0 aliphatic heterocycles. The number of ether oxygens (including phenoxy) is 1. The summed E-state index contributed by atoms with van der Waals surface area (Å²) in [5, 5.41) is 10.2. The Bertz CT molecular complexity index is 731. The minimum Gasteiger partial charge on any atom is -0.507 e. The standard InChI is InChI=1S/C19H16O2/c1-14-10-12-15(13-11-14)19-17(20)8-5-9-18(19)21-16-6-3-2-4-7-16/h2-13,20H,1H3.